The lowest BCUT2D eigenvalue weighted by atomic mass is 10.2. The van der Waals surface area contributed by atoms with Gasteiger partial charge in [-0.05, 0) is 6.07 Å². The zero-order chi connectivity index (χ0) is 10.1. The van der Waals surface area contributed by atoms with Gasteiger partial charge in [0.05, 0.1) is 11.1 Å². The quantitative estimate of drug-likeness (QED) is 0.630. The van der Waals surface area contributed by atoms with Crippen LogP contribution in [0.4, 0.5) is 0 Å². The van der Waals surface area contributed by atoms with Gasteiger partial charge in [-0.3, -0.25) is 0 Å². The Bertz CT molecular complexity index is 492. The van der Waals surface area contributed by atoms with Crippen molar-refractivity contribution in [2.45, 2.75) is 6.61 Å². The maximum atomic E-state index is 10.8. The Balaban J connectivity index is 2.73. The Morgan fingerprint density at radius 2 is 2.36 bits per heavy atom. The minimum absolute atomic E-state index is 0.0993. The van der Waals surface area contributed by atoms with E-state index < -0.39 is 5.97 Å². The minimum atomic E-state index is -1.05. The summed E-state index contributed by atoms with van der Waals surface area (Å²) in [6.07, 6.45) is 1.37. The molecular formula is C8H7N3O3. The monoisotopic (exact) mass is 193 g/mol. The predicted molar refractivity (Wildman–Crippen MR) is 46.8 cm³/mol. The summed E-state index contributed by atoms with van der Waals surface area (Å²) in [5.74, 6) is -0.744. The van der Waals surface area contributed by atoms with Crippen molar-refractivity contribution in [2.75, 3.05) is 0 Å². The molecule has 6 heteroatoms. The summed E-state index contributed by atoms with van der Waals surface area (Å²) < 4.78 is 0. The third kappa shape index (κ3) is 1.21. The van der Waals surface area contributed by atoms with Crippen molar-refractivity contribution >= 4 is 17.1 Å². The molecule has 0 saturated carbocycles. The number of nitrogens with one attached hydrogen (secondary N) is 1. The van der Waals surface area contributed by atoms with Crippen LogP contribution >= 0.6 is 0 Å². The standard InChI is InChI=1S/C8H7N3O3/c12-3-5-10-6-4(8(13)14)1-2-9-7(6)11-5/h1-2,12H,3H2,(H,13,14)(H,9,10,11). The average Bonchev–Trinajstić information content (AvgIpc) is 2.59. The zero-order valence-corrected chi connectivity index (χ0v) is 7.06. The van der Waals surface area contributed by atoms with Gasteiger partial charge < -0.3 is 15.2 Å². The number of hydrogen-bond donors (Lipinski definition) is 3. The molecule has 0 aliphatic carbocycles. The number of aliphatic hydroxyl groups excluding tert-OH is 1. The van der Waals surface area contributed by atoms with Crippen LogP contribution in [0, 0.1) is 0 Å². The lowest BCUT2D eigenvalue weighted by Gasteiger charge is -1.93. The van der Waals surface area contributed by atoms with Crippen LogP contribution in [-0.4, -0.2) is 31.1 Å². The second-order valence-corrected chi connectivity index (χ2v) is 2.70. The molecule has 0 radical (unpaired) electrons. The molecule has 0 aliphatic rings. The fourth-order valence-corrected chi connectivity index (χ4v) is 1.21. The number of carboxylic acids is 1. The van der Waals surface area contributed by atoms with E-state index in [-0.39, 0.29) is 12.2 Å². The molecule has 6 nitrogen and oxygen atoms in total. The number of aromatic nitrogens is 3. The fourth-order valence-electron chi connectivity index (χ4n) is 1.21. The van der Waals surface area contributed by atoms with Crippen LogP contribution in [0.2, 0.25) is 0 Å². The normalized spacial score (nSPS) is 10.6. The highest BCUT2D eigenvalue weighted by atomic mass is 16.4. The summed E-state index contributed by atoms with van der Waals surface area (Å²) in [6.45, 7) is -0.268. The smallest absolute Gasteiger partial charge is 0.338 e. The molecule has 2 rings (SSSR count). The van der Waals surface area contributed by atoms with Crippen LogP contribution in [0.1, 0.15) is 16.2 Å². The summed E-state index contributed by atoms with van der Waals surface area (Å²) in [5.41, 5.74) is 0.736. The van der Waals surface area contributed by atoms with Crippen molar-refractivity contribution in [1.29, 1.82) is 0 Å². The van der Waals surface area contributed by atoms with E-state index in [1.54, 1.807) is 0 Å². The minimum Gasteiger partial charge on any atom is -0.478 e. The van der Waals surface area contributed by atoms with Crippen molar-refractivity contribution in [3.05, 3.63) is 23.7 Å². The highest BCUT2D eigenvalue weighted by Crippen LogP contribution is 2.13. The van der Waals surface area contributed by atoms with E-state index in [9.17, 15) is 4.79 Å². The Kier molecular flexibility index (Phi) is 1.90. The molecule has 72 valence electrons. The Morgan fingerprint density at radius 1 is 1.57 bits per heavy atom. The van der Waals surface area contributed by atoms with Gasteiger partial charge in [-0.25, -0.2) is 14.8 Å². The van der Waals surface area contributed by atoms with E-state index >= 15 is 0 Å². The molecule has 0 atom stereocenters. The van der Waals surface area contributed by atoms with Crippen molar-refractivity contribution in [3.63, 3.8) is 0 Å². The average molecular weight is 193 g/mol. The number of aromatic amines is 1. The molecule has 0 fully saturated rings. The molecule has 3 N–H and O–H groups in total. The summed E-state index contributed by atoms with van der Waals surface area (Å²) >= 11 is 0. The highest BCUT2D eigenvalue weighted by molar-refractivity contribution is 5.99. The summed E-state index contributed by atoms with van der Waals surface area (Å²) in [5, 5.41) is 17.6. The summed E-state index contributed by atoms with van der Waals surface area (Å²) in [7, 11) is 0. The second-order valence-electron chi connectivity index (χ2n) is 2.70. The van der Waals surface area contributed by atoms with Gasteiger partial charge in [0.15, 0.2) is 5.65 Å². The maximum absolute atomic E-state index is 10.8. The molecular weight excluding hydrogens is 186 g/mol. The van der Waals surface area contributed by atoms with Gasteiger partial charge in [-0.15, -0.1) is 0 Å². The van der Waals surface area contributed by atoms with Crippen LogP contribution in [0.5, 0.6) is 0 Å². The molecule has 2 heterocycles. The van der Waals surface area contributed by atoms with Crippen LogP contribution in [0.15, 0.2) is 12.3 Å². The third-order valence-electron chi connectivity index (χ3n) is 1.82. The SMILES string of the molecule is O=C(O)c1ccnc2nc(CO)[nH]c12. The van der Waals surface area contributed by atoms with Gasteiger partial charge in [-0.1, -0.05) is 0 Å². The topological polar surface area (TPSA) is 99.1 Å². The van der Waals surface area contributed by atoms with Gasteiger partial charge in [0, 0.05) is 6.20 Å². The number of carboxylic acid groups (broad SMARTS) is 1. The number of rotatable bonds is 2. The molecule has 0 amide bonds. The molecule has 14 heavy (non-hydrogen) atoms. The lowest BCUT2D eigenvalue weighted by molar-refractivity contribution is 0.0698. The molecule has 0 unspecified atom stereocenters. The first-order valence-electron chi connectivity index (χ1n) is 3.90. The number of carbonyl (C=O) groups is 1. The van der Waals surface area contributed by atoms with E-state index in [1.165, 1.54) is 12.3 Å². The number of aromatic carboxylic acids is 1. The van der Waals surface area contributed by atoms with Crippen LogP contribution < -0.4 is 0 Å². The molecule has 0 saturated heterocycles. The van der Waals surface area contributed by atoms with Crippen molar-refractivity contribution in [2.24, 2.45) is 0 Å². The second kappa shape index (κ2) is 3.08. The third-order valence-corrected chi connectivity index (χ3v) is 1.82. The first-order chi connectivity index (χ1) is 6.72. The fraction of sp³-hybridized carbons (Fsp3) is 0.125. The van der Waals surface area contributed by atoms with Gasteiger partial charge in [0.25, 0.3) is 0 Å². The Labute approximate surface area is 78.2 Å². The summed E-state index contributed by atoms with van der Waals surface area (Å²) in [6, 6.07) is 1.38. The number of aliphatic hydroxyl groups is 1. The molecule has 2 aromatic rings. The number of fused-ring (bicyclic) bond motifs is 1. The van der Waals surface area contributed by atoms with E-state index in [4.69, 9.17) is 10.2 Å². The van der Waals surface area contributed by atoms with Crippen molar-refractivity contribution < 1.29 is 15.0 Å². The lowest BCUT2D eigenvalue weighted by Crippen LogP contribution is -1.97. The number of nitrogens with zero attached hydrogens (tertiary/aromatic N) is 2. The summed E-state index contributed by atoms with van der Waals surface area (Å²) in [4.78, 5) is 21.2. The molecule has 0 bridgehead atoms. The molecule has 0 aromatic carbocycles. The van der Waals surface area contributed by atoms with E-state index in [2.05, 4.69) is 15.0 Å². The van der Waals surface area contributed by atoms with Crippen LogP contribution in [0.25, 0.3) is 11.2 Å². The highest BCUT2D eigenvalue weighted by Gasteiger charge is 2.12. The number of hydrogen-bond acceptors (Lipinski definition) is 4. The van der Waals surface area contributed by atoms with E-state index in [1.807, 2.05) is 0 Å². The van der Waals surface area contributed by atoms with Gasteiger partial charge >= 0.3 is 5.97 Å². The Morgan fingerprint density at radius 3 is 3.00 bits per heavy atom. The van der Waals surface area contributed by atoms with Crippen molar-refractivity contribution in [3.8, 4) is 0 Å². The van der Waals surface area contributed by atoms with E-state index in [0.717, 1.165) is 0 Å². The maximum Gasteiger partial charge on any atom is 0.338 e. The first-order valence-corrected chi connectivity index (χ1v) is 3.90. The number of H-pyrrole nitrogens is 1. The van der Waals surface area contributed by atoms with Crippen molar-refractivity contribution in [1.82, 2.24) is 15.0 Å². The van der Waals surface area contributed by atoms with Crippen LogP contribution in [0.3, 0.4) is 0 Å². The van der Waals surface area contributed by atoms with Gasteiger partial charge in [0.1, 0.15) is 12.4 Å². The molecule has 0 aliphatic heterocycles. The zero-order valence-electron chi connectivity index (χ0n) is 7.06. The molecule has 2 aromatic heterocycles. The number of pyridine rings is 1. The largest absolute Gasteiger partial charge is 0.478 e. The first kappa shape index (κ1) is 8.64. The predicted octanol–water partition coefficient (Wildman–Crippen LogP) is 0.148. The number of imidazole rings is 1. The van der Waals surface area contributed by atoms with Gasteiger partial charge in [-0.2, -0.15) is 0 Å². The molecule has 0 spiro atoms. The van der Waals surface area contributed by atoms with Crippen LogP contribution in [-0.2, 0) is 6.61 Å². The Hall–Kier alpha value is -1.95. The van der Waals surface area contributed by atoms with Gasteiger partial charge in [0.2, 0.25) is 0 Å². The van der Waals surface area contributed by atoms with E-state index in [0.29, 0.717) is 17.0 Å².